The third kappa shape index (κ3) is 3.84. The number of rotatable bonds is 5. The third-order valence-electron chi connectivity index (χ3n) is 2.43. The average Bonchev–Trinajstić information content (AvgIpc) is 2.25. The van der Waals surface area contributed by atoms with Gasteiger partial charge in [0.05, 0.1) is 10.6 Å². The number of nitrogens with two attached hydrogens (primary N) is 1. The molecule has 0 bridgehead atoms. The van der Waals surface area contributed by atoms with E-state index in [4.69, 9.17) is 17.3 Å². The maximum Gasteiger partial charge on any atom is 0.147 e. The van der Waals surface area contributed by atoms with Gasteiger partial charge in [-0.2, -0.15) is 0 Å². The van der Waals surface area contributed by atoms with Crippen molar-refractivity contribution in [1.29, 1.82) is 0 Å². The van der Waals surface area contributed by atoms with Crippen LogP contribution in [0.5, 0.6) is 0 Å². The molecule has 3 N–H and O–H groups in total. The highest BCUT2D eigenvalue weighted by Crippen LogP contribution is 2.27. The van der Waals surface area contributed by atoms with Gasteiger partial charge in [-0.25, -0.2) is 4.98 Å². The number of nitrogens with zero attached hydrogens (tertiary/aromatic N) is 2. The maximum atomic E-state index is 9.86. The van der Waals surface area contributed by atoms with Crippen molar-refractivity contribution in [1.82, 2.24) is 4.98 Å². The second-order valence-corrected chi connectivity index (χ2v) is 5.02. The second-order valence-electron chi connectivity index (χ2n) is 4.64. The number of hydrogen-bond donors (Lipinski definition) is 2. The molecule has 1 aromatic heterocycles. The van der Waals surface area contributed by atoms with Crippen molar-refractivity contribution >= 4 is 17.4 Å². The molecule has 0 amide bonds. The molecule has 1 heterocycles. The van der Waals surface area contributed by atoms with E-state index in [1.54, 1.807) is 20.0 Å². The number of likely N-dealkylation sites (N-methyl/N-ethyl adjacent to an activating group) is 1. The molecule has 0 atom stereocenters. The molecule has 1 rings (SSSR count). The number of hydrogen-bond acceptors (Lipinski definition) is 4. The fraction of sp³-hybridized carbons (Fsp3) is 0.583. The zero-order chi connectivity index (χ0) is 13.1. The molecule has 0 spiro atoms. The molecular weight excluding hydrogens is 238 g/mol. The lowest BCUT2D eigenvalue weighted by Crippen LogP contribution is -2.39. The summed E-state index contributed by atoms with van der Waals surface area (Å²) in [4.78, 5) is 6.22. The highest BCUT2D eigenvalue weighted by atomic mass is 35.5. The van der Waals surface area contributed by atoms with Gasteiger partial charge in [-0.3, -0.25) is 0 Å². The van der Waals surface area contributed by atoms with Crippen molar-refractivity contribution < 1.29 is 5.11 Å². The van der Waals surface area contributed by atoms with E-state index in [2.05, 4.69) is 4.98 Å². The fourth-order valence-corrected chi connectivity index (χ4v) is 1.96. The Kier molecular flexibility index (Phi) is 4.74. The van der Waals surface area contributed by atoms with E-state index in [0.717, 1.165) is 12.1 Å². The fourth-order valence-electron chi connectivity index (χ4n) is 1.65. The van der Waals surface area contributed by atoms with E-state index < -0.39 is 5.60 Å². The first-order chi connectivity index (χ1) is 7.89. The summed E-state index contributed by atoms with van der Waals surface area (Å²) < 4.78 is 0. The summed E-state index contributed by atoms with van der Waals surface area (Å²) in [7, 11) is 0. The van der Waals surface area contributed by atoms with E-state index in [9.17, 15) is 5.11 Å². The molecule has 0 radical (unpaired) electrons. The van der Waals surface area contributed by atoms with Gasteiger partial charge < -0.3 is 15.7 Å². The van der Waals surface area contributed by atoms with Gasteiger partial charge in [0, 0.05) is 25.8 Å². The predicted molar refractivity (Wildman–Crippen MR) is 71.3 cm³/mol. The lowest BCUT2D eigenvalue weighted by Gasteiger charge is -2.29. The van der Waals surface area contributed by atoms with Gasteiger partial charge in [-0.05, 0) is 32.4 Å². The van der Waals surface area contributed by atoms with Gasteiger partial charge in [-0.1, -0.05) is 11.6 Å². The minimum Gasteiger partial charge on any atom is -0.389 e. The van der Waals surface area contributed by atoms with Gasteiger partial charge in [0.25, 0.3) is 0 Å². The molecule has 4 nitrogen and oxygen atoms in total. The summed E-state index contributed by atoms with van der Waals surface area (Å²) in [5.74, 6) is 0.680. The van der Waals surface area contributed by atoms with Crippen LogP contribution in [0.25, 0.3) is 0 Å². The molecule has 0 unspecified atom stereocenters. The average molecular weight is 258 g/mol. The molecule has 0 fully saturated rings. The normalized spacial score (nSPS) is 11.6. The van der Waals surface area contributed by atoms with Crippen LogP contribution >= 0.6 is 11.6 Å². The zero-order valence-electron chi connectivity index (χ0n) is 10.6. The summed E-state index contributed by atoms with van der Waals surface area (Å²) in [6.45, 7) is 7.11. The number of pyridine rings is 1. The Morgan fingerprint density at radius 2 is 2.18 bits per heavy atom. The number of aromatic nitrogens is 1. The highest BCUT2D eigenvalue weighted by molar-refractivity contribution is 6.33. The van der Waals surface area contributed by atoms with Crippen LogP contribution in [0.2, 0.25) is 5.02 Å². The van der Waals surface area contributed by atoms with E-state index in [1.165, 1.54) is 0 Å². The molecule has 0 saturated heterocycles. The second kappa shape index (κ2) is 5.67. The third-order valence-corrected chi connectivity index (χ3v) is 2.84. The van der Waals surface area contributed by atoms with Crippen molar-refractivity contribution in [3.8, 4) is 0 Å². The number of anilines is 1. The van der Waals surface area contributed by atoms with Crippen LogP contribution in [0.3, 0.4) is 0 Å². The standard InChI is InChI=1S/C12H20ClN3O/c1-4-16(8-12(2,3)17)11-10(13)9(7-14)5-6-15-11/h5-6,17H,4,7-8,14H2,1-3H3. The van der Waals surface area contributed by atoms with Gasteiger partial charge in [0.15, 0.2) is 0 Å². The quantitative estimate of drug-likeness (QED) is 0.844. The van der Waals surface area contributed by atoms with E-state index in [-0.39, 0.29) is 0 Å². The van der Waals surface area contributed by atoms with Gasteiger partial charge >= 0.3 is 0 Å². The highest BCUT2D eigenvalue weighted by Gasteiger charge is 2.20. The number of halogens is 1. The minimum absolute atomic E-state index is 0.383. The van der Waals surface area contributed by atoms with Crippen LogP contribution < -0.4 is 10.6 Å². The first kappa shape index (κ1) is 14.2. The lowest BCUT2D eigenvalue weighted by atomic mass is 10.1. The van der Waals surface area contributed by atoms with E-state index in [1.807, 2.05) is 17.9 Å². The van der Waals surface area contributed by atoms with Crippen molar-refractivity contribution in [2.45, 2.75) is 32.9 Å². The minimum atomic E-state index is -0.792. The maximum absolute atomic E-state index is 9.86. The summed E-state index contributed by atoms with van der Waals surface area (Å²) in [6, 6.07) is 1.81. The molecule has 17 heavy (non-hydrogen) atoms. The van der Waals surface area contributed by atoms with Gasteiger partial charge in [0.1, 0.15) is 5.82 Å². The van der Waals surface area contributed by atoms with Crippen molar-refractivity contribution in [2.75, 3.05) is 18.0 Å². The summed E-state index contributed by atoms with van der Waals surface area (Å²) in [6.07, 6.45) is 1.69. The van der Waals surface area contributed by atoms with Crippen LogP contribution in [-0.2, 0) is 6.54 Å². The molecule has 0 aromatic carbocycles. The Morgan fingerprint density at radius 3 is 2.65 bits per heavy atom. The lowest BCUT2D eigenvalue weighted by molar-refractivity contribution is 0.0874. The Balaban J connectivity index is 3.04. The molecule has 0 aliphatic carbocycles. The predicted octanol–water partition coefficient (Wildman–Crippen LogP) is 1.79. The Bertz CT molecular complexity index is 377. The number of aliphatic hydroxyl groups is 1. The molecule has 0 aliphatic rings. The SMILES string of the molecule is CCN(CC(C)(C)O)c1nccc(CN)c1Cl. The summed E-state index contributed by atoms with van der Waals surface area (Å²) in [5, 5.41) is 10.4. The smallest absolute Gasteiger partial charge is 0.147 e. The van der Waals surface area contributed by atoms with Crippen LogP contribution in [0.4, 0.5) is 5.82 Å². The van der Waals surface area contributed by atoms with Crippen LogP contribution in [0.15, 0.2) is 12.3 Å². The summed E-state index contributed by atoms with van der Waals surface area (Å²) in [5.41, 5.74) is 5.68. The zero-order valence-corrected chi connectivity index (χ0v) is 11.3. The van der Waals surface area contributed by atoms with Gasteiger partial charge in [-0.15, -0.1) is 0 Å². The van der Waals surface area contributed by atoms with Crippen molar-refractivity contribution in [3.05, 3.63) is 22.8 Å². The molecule has 0 aliphatic heterocycles. The van der Waals surface area contributed by atoms with E-state index in [0.29, 0.717) is 23.9 Å². The monoisotopic (exact) mass is 257 g/mol. The summed E-state index contributed by atoms with van der Waals surface area (Å²) >= 11 is 6.25. The van der Waals surface area contributed by atoms with Crippen molar-refractivity contribution in [2.24, 2.45) is 5.73 Å². The van der Waals surface area contributed by atoms with Crippen LogP contribution in [0.1, 0.15) is 26.3 Å². The van der Waals surface area contributed by atoms with E-state index >= 15 is 0 Å². The van der Waals surface area contributed by atoms with Crippen LogP contribution in [-0.4, -0.2) is 28.8 Å². The molecule has 1 aromatic rings. The first-order valence-electron chi connectivity index (χ1n) is 5.69. The first-order valence-corrected chi connectivity index (χ1v) is 6.07. The Labute approximate surface area is 107 Å². The molecule has 5 heteroatoms. The van der Waals surface area contributed by atoms with Gasteiger partial charge in [0.2, 0.25) is 0 Å². The molecular formula is C12H20ClN3O. The van der Waals surface area contributed by atoms with Crippen molar-refractivity contribution in [3.63, 3.8) is 0 Å². The van der Waals surface area contributed by atoms with Crippen LogP contribution in [0, 0.1) is 0 Å². The molecule has 0 saturated carbocycles. The Morgan fingerprint density at radius 1 is 1.53 bits per heavy atom. The largest absolute Gasteiger partial charge is 0.389 e. The molecule has 96 valence electrons. The Hall–Kier alpha value is -0.840. The topological polar surface area (TPSA) is 62.4 Å².